The lowest BCUT2D eigenvalue weighted by molar-refractivity contribution is -0.138. The number of carboxylic acids is 1. The summed E-state index contributed by atoms with van der Waals surface area (Å²) in [6, 6.07) is -0.397. The SMILES string of the molecule is CCCSCC(NC)C(=O)O. The first kappa shape index (κ1) is 10.8. The van der Waals surface area contributed by atoms with E-state index >= 15 is 0 Å². The number of carbonyl (C=O) groups is 1. The van der Waals surface area contributed by atoms with Gasteiger partial charge in [0.15, 0.2) is 0 Å². The Morgan fingerprint density at radius 2 is 2.36 bits per heavy atom. The first-order valence-electron chi connectivity index (χ1n) is 3.70. The molecule has 0 rings (SSSR count). The van der Waals surface area contributed by atoms with Gasteiger partial charge < -0.3 is 10.4 Å². The third-order valence-electron chi connectivity index (χ3n) is 1.28. The second-order valence-electron chi connectivity index (χ2n) is 2.25. The van der Waals surface area contributed by atoms with Crippen LogP contribution in [-0.2, 0) is 4.79 Å². The number of rotatable bonds is 6. The fourth-order valence-electron chi connectivity index (χ4n) is 0.624. The van der Waals surface area contributed by atoms with Gasteiger partial charge in [0.2, 0.25) is 0 Å². The molecule has 0 saturated heterocycles. The van der Waals surface area contributed by atoms with Crippen LogP contribution >= 0.6 is 11.8 Å². The number of nitrogens with one attached hydrogen (secondary N) is 1. The zero-order valence-electron chi connectivity index (χ0n) is 6.96. The summed E-state index contributed by atoms with van der Waals surface area (Å²) in [5.41, 5.74) is 0. The fraction of sp³-hybridized carbons (Fsp3) is 0.857. The van der Waals surface area contributed by atoms with Gasteiger partial charge in [-0.3, -0.25) is 4.79 Å². The van der Waals surface area contributed by atoms with Crippen molar-refractivity contribution in [1.82, 2.24) is 5.32 Å². The lowest BCUT2D eigenvalue weighted by atomic mass is 10.3. The van der Waals surface area contributed by atoms with Crippen molar-refractivity contribution in [3.63, 3.8) is 0 Å². The Labute approximate surface area is 71.6 Å². The Hall–Kier alpha value is -0.220. The Bertz CT molecular complexity index is 119. The summed E-state index contributed by atoms with van der Waals surface area (Å²) in [7, 11) is 1.67. The summed E-state index contributed by atoms with van der Waals surface area (Å²) in [6.07, 6.45) is 1.10. The van der Waals surface area contributed by atoms with E-state index in [-0.39, 0.29) is 0 Å². The Kier molecular flexibility index (Phi) is 6.36. The molecule has 3 nitrogen and oxygen atoms in total. The van der Waals surface area contributed by atoms with Crippen LogP contribution in [0.2, 0.25) is 0 Å². The van der Waals surface area contributed by atoms with Gasteiger partial charge in [-0.1, -0.05) is 6.92 Å². The van der Waals surface area contributed by atoms with Crippen LogP contribution in [0.5, 0.6) is 0 Å². The molecule has 0 aliphatic carbocycles. The predicted molar refractivity (Wildman–Crippen MR) is 48.1 cm³/mol. The van der Waals surface area contributed by atoms with Gasteiger partial charge in [0.25, 0.3) is 0 Å². The standard InChI is InChI=1S/C7H15NO2S/c1-3-4-11-5-6(8-2)7(9)10/h6,8H,3-5H2,1-2H3,(H,9,10). The van der Waals surface area contributed by atoms with Gasteiger partial charge in [0, 0.05) is 5.75 Å². The third kappa shape index (κ3) is 5.09. The number of hydrogen-bond donors (Lipinski definition) is 2. The molecule has 0 aromatic heterocycles. The van der Waals surface area contributed by atoms with Crippen LogP contribution in [0.3, 0.4) is 0 Å². The molecule has 11 heavy (non-hydrogen) atoms. The van der Waals surface area contributed by atoms with Crippen molar-refractivity contribution in [2.45, 2.75) is 19.4 Å². The van der Waals surface area contributed by atoms with Gasteiger partial charge in [-0.2, -0.15) is 11.8 Å². The quantitative estimate of drug-likeness (QED) is 0.589. The van der Waals surface area contributed by atoms with Crippen LogP contribution in [-0.4, -0.2) is 35.7 Å². The lowest BCUT2D eigenvalue weighted by Gasteiger charge is -2.09. The van der Waals surface area contributed by atoms with E-state index in [0.29, 0.717) is 5.75 Å². The van der Waals surface area contributed by atoms with Crippen molar-refractivity contribution in [2.75, 3.05) is 18.6 Å². The summed E-state index contributed by atoms with van der Waals surface area (Å²) in [5, 5.41) is 11.3. The average molecular weight is 177 g/mol. The Balaban J connectivity index is 3.44. The summed E-state index contributed by atoms with van der Waals surface area (Å²) >= 11 is 1.67. The van der Waals surface area contributed by atoms with Gasteiger partial charge in [-0.25, -0.2) is 0 Å². The first-order valence-corrected chi connectivity index (χ1v) is 4.85. The van der Waals surface area contributed by atoms with E-state index in [9.17, 15) is 4.79 Å². The van der Waals surface area contributed by atoms with Crippen molar-refractivity contribution in [3.8, 4) is 0 Å². The molecule has 1 unspecified atom stereocenters. The minimum atomic E-state index is -0.767. The minimum absolute atomic E-state index is 0.397. The third-order valence-corrected chi connectivity index (χ3v) is 2.55. The monoisotopic (exact) mass is 177 g/mol. The van der Waals surface area contributed by atoms with E-state index in [1.807, 2.05) is 0 Å². The Morgan fingerprint density at radius 3 is 2.73 bits per heavy atom. The lowest BCUT2D eigenvalue weighted by Crippen LogP contribution is -2.36. The highest BCUT2D eigenvalue weighted by atomic mass is 32.2. The molecule has 1 atom stereocenters. The van der Waals surface area contributed by atoms with Gasteiger partial charge in [0.1, 0.15) is 6.04 Å². The number of likely N-dealkylation sites (N-methyl/N-ethyl adjacent to an activating group) is 1. The zero-order valence-corrected chi connectivity index (χ0v) is 7.78. The first-order chi connectivity index (χ1) is 5.22. The van der Waals surface area contributed by atoms with Crippen molar-refractivity contribution >= 4 is 17.7 Å². The maximum atomic E-state index is 10.4. The number of carboxylic acid groups (broad SMARTS) is 1. The topological polar surface area (TPSA) is 49.3 Å². The van der Waals surface area contributed by atoms with E-state index in [2.05, 4.69) is 12.2 Å². The molecular weight excluding hydrogens is 162 g/mol. The predicted octanol–water partition coefficient (Wildman–Crippen LogP) is 0.802. The van der Waals surface area contributed by atoms with Crippen molar-refractivity contribution in [2.24, 2.45) is 0 Å². The molecule has 0 fully saturated rings. The molecule has 0 aromatic rings. The molecule has 0 spiro atoms. The number of thioether (sulfide) groups is 1. The molecule has 66 valence electrons. The van der Waals surface area contributed by atoms with Gasteiger partial charge in [0.05, 0.1) is 0 Å². The van der Waals surface area contributed by atoms with E-state index in [1.54, 1.807) is 18.8 Å². The smallest absolute Gasteiger partial charge is 0.321 e. The highest BCUT2D eigenvalue weighted by molar-refractivity contribution is 7.99. The molecule has 4 heteroatoms. The van der Waals surface area contributed by atoms with Crippen LogP contribution < -0.4 is 5.32 Å². The zero-order chi connectivity index (χ0) is 8.69. The van der Waals surface area contributed by atoms with Crippen molar-refractivity contribution in [1.29, 1.82) is 0 Å². The van der Waals surface area contributed by atoms with Crippen LogP contribution in [0, 0.1) is 0 Å². The van der Waals surface area contributed by atoms with Crippen LogP contribution in [0.4, 0.5) is 0 Å². The second kappa shape index (κ2) is 6.49. The number of hydrogen-bond acceptors (Lipinski definition) is 3. The van der Waals surface area contributed by atoms with Gasteiger partial charge >= 0.3 is 5.97 Å². The normalized spacial score (nSPS) is 12.9. The molecule has 0 radical (unpaired) electrons. The summed E-state index contributed by atoms with van der Waals surface area (Å²) in [6.45, 7) is 2.09. The van der Waals surface area contributed by atoms with Gasteiger partial charge in [-0.15, -0.1) is 0 Å². The van der Waals surface area contributed by atoms with E-state index in [0.717, 1.165) is 12.2 Å². The summed E-state index contributed by atoms with van der Waals surface area (Å²) < 4.78 is 0. The fourth-order valence-corrected chi connectivity index (χ4v) is 1.62. The molecule has 0 amide bonds. The maximum absolute atomic E-state index is 10.4. The van der Waals surface area contributed by atoms with Crippen LogP contribution in [0.1, 0.15) is 13.3 Å². The van der Waals surface area contributed by atoms with Gasteiger partial charge in [-0.05, 0) is 19.2 Å². The molecule has 0 aliphatic heterocycles. The van der Waals surface area contributed by atoms with Crippen molar-refractivity contribution < 1.29 is 9.90 Å². The minimum Gasteiger partial charge on any atom is -0.480 e. The highest BCUT2D eigenvalue weighted by Crippen LogP contribution is 2.04. The molecule has 0 saturated carbocycles. The largest absolute Gasteiger partial charge is 0.480 e. The second-order valence-corrected chi connectivity index (χ2v) is 3.40. The molecule has 0 aliphatic rings. The maximum Gasteiger partial charge on any atom is 0.321 e. The van der Waals surface area contributed by atoms with Crippen LogP contribution in [0.25, 0.3) is 0 Å². The van der Waals surface area contributed by atoms with E-state index in [1.165, 1.54) is 0 Å². The van der Waals surface area contributed by atoms with Crippen molar-refractivity contribution in [3.05, 3.63) is 0 Å². The number of aliphatic carboxylic acids is 1. The van der Waals surface area contributed by atoms with E-state index < -0.39 is 12.0 Å². The highest BCUT2D eigenvalue weighted by Gasteiger charge is 2.13. The molecular formula is C7H15NO2S. The molecule has 0 bridgehead atoms. The molecule has 0 heterocycles. The molecule has 0 aromatic carbocycles. The Morgan fingerprint density at radius 1 is 1.73 bits per heavy atom. The van der Waals surface area contributed by atoms with Crippen LogP contribution in [0.15, 0.2) is 0 Å². The average Bonchev–Trinajstić information content (AvgIpc) is 1.97. The summed E-state index contributed by atoms with van der Waals surface area (Å²) in [5.74, 6) is 0.918. The van der Waals surface area contributed by atoms with E-state index in [4.69, 9.17) is 5.11 Å². The summed E-state index contributed by atoms with van der Waals surface area (Å²) in [4.78, 5) is 10.4. The molecule has 2 N–H and O–H groups in total.